The Kier molecular flexibility index (Phi) is 4.37. The molecule has 0 aliphatic heterocycles. The number of carbonyl (C=O) groups excluding carboxylic acids is 1. The van der Waals surface area contributed by atoms with E-state index in [2.05, 4.69) is 0 Å². The molecule has 0 spiro atoms. The highest BCUT2D eigenvalue weighted by Crippen LogP contribution is 2.15. The summed E-state index contributed by atoms with van der Waals surface area (Å²) in [6, 6.07) is 17.5. The van der Waals surface area contributed by atoms with Gasteiger partial charge in [0.15, 0.2) is 5.78 Å². The number of thioether (sulfide) groups is 1. The zero-order valence-corrected chi connectivity index (χ0v) is 11.0. The van der Waals surface area contributed by atoms with Gasteiger partial charge in [-0.2, -0.15) is 0 Å². The van der Waals surface area contributed by atoms with E-state index in [9.17, 15) is 4.79 Å². The predicted octanol–water partition coefficient (Wildman–Crippen LogP) is 4.30. The third-order valence-corrected chi connectivity index (χ3v) is 3.34. The molecule has 0 aromatic heterocycles. The van der Waals surface area contributed by atoms with Crippen LogP contribution in [0.4, 0.5) is 0 Å². The van der Waals surface area contributed by atoms with Gasteiger partial charge in [-0.15, -0.1) is 11.8 Å². The maximum absolute atomic E-state index is 11.9. The van der Waals surface area contributed by atoms with Crippen LogP contribution in [0, 0.1) is 0 Å². The maximum atomic E-state index is 11.9. The third kappa shape index (κ3) is 3.34. The highest BCUT2D eigenvalue weighted by atomic mass is 32.2. The Bertz CT molecular complexity index is 541. The normalized spacial score (nSPS) is 10.7. The number of hydrogen-bond donors (Lipinski definition) is 0. The topological polar surface area (TPSA) is 17.1 Å². The lowest BCUT2D eigenvalue weighted by molar-refractivity contribution is 0.104. The van der Waals surface area contributed by atoms with E-state index < -0.39 is 0 Å². The minimum Gasteiger partial charge on any atom is -0.289 e. The van der Waals surface area contributed by atoms with Crippen LogP contribution in [0.5, 0.6) is 0 Å². The number of carbonyl (C=O) groups is 1. The zero-order valence-electron chi connectivity index (χ0n) is 10.2. The van der Waals surface area contributed by atoms with Gasteiger partial charge < -0.3 is 0 Å². The average molecular weight is 254 g/mol. The lowest BCUT2D eigenvalue weighted by Gasteiger charge is -1.98. The van der Waals surface area contributed by atoms with E-state index in [1.807, 2.05) is 66.9 Å². The first-order valence-corrected chi connectivity index (χ1v) is 6.93. The van der Waals surface area contributed by atoms with Gasteiger partial charge in [0.2, 0.25) is 0 Å². The van der Waals surface area contributed by atoms with Crippen LogP contribution in [0.15, 0.2) is 65.6 Å². The summed E-state index contributed by atoms with van der Waals surface area (Å²) >= 11 is 1.67. The zero-order chi connectivity index (χ0) is 12.8. The average Bonchev–Trinajstić information content (AvgIpc) is 2.46. The van der Waals surface area contributed by atoms with Gasteiger partial charge in [-0.3, -0.25) is 4.79 Å². The molecule has 0 heterocycles. The van der Waals surface area contributed by atoms with E-state index in [-0.39, 0.29) is 5.78 Å². The summed E-state index contributed by atoms with van der Waals surface area (Å²) in [5, 5.41) is 0. The van der Waals surface area contributed by atoms with Crippen LogP contribution >= 0.6 is 11.8 Å². The molecular formula is C16H14OS. The first-order chi connectivity index (χ1) is 8.79. The summed E-state index contributed by atoms with van der Waals surface area (Å²) in [7, 11) is 0. The molecule has 0 unspecified atom stereocenters. The van der Waals surface area contributed by atoms with Gasteiger partial charge in [0, 0.05) is 10.5 Å². The molecule has 0 bridgehead atoms. The highest BCUT2D eigenvalue weighted by Gasteiger charge is 2.01. The van der Waals surface area contributed by atoms with Crippen molar-refractivity contribution in [1.29, 1.82) is 0 Å². The molecule has 0 atom stereocenters. The minimum absolute atomic E-state index is 0.0338. The molecule has 0 aliphatic carbocycles. The monoisotopic (exact) mass is 254 g/mol. The number of hydrogen-bond acceptors (Lipinski definition) is 2. The van der Waals surface area contributed by atoms with E-state index in [1.165, 1.54) is 4.90 Å². The van der Waals surface area contributed by atoms with Crippen molar-refractivity contribution in [1.82, 2.24) is 0 Å². The van der Waals surface area contributed by atoms with Gasteiger partial charge in [0.25, 0.3) is 0 Å². The molecule has 18 heavy (non-hydrogen) atoms. The van der Waals surface area contributed by atoms with E-state index in [4.69, 9.17) is 0 Å². The van der Waals surface area contributed by atoms with Crippen LogP contribution < -0.4 is 0 Å². The predicted molar refractivity (Wildman–Crippen MR) is 78.0 cm³/mol. The second-order valence-corrected chi connectivity index (χ2v) is 4.72. The molecule has 2 rings (SSSR count). The Morgan fingerprint density at radius 1 is 1.00 bits per heavy atom. The largest absolute Gasteiger partial charge is 0.289 e. The fraction of sp³-hybridized carbons (Fsp3) is 0.0625. The minimum atomic E-state index is 0.0338. The first-order valence-electron chi connectivity index (χ1n) is 5.71. The van der Waals surface area contributed by atoms with Crippen LogP contribution in [0.25, 0.3) is 6.08 Å². The summed E-state index contributed by atoms with van der Waals surface area (Å²) in [6.45, 7) is 0. The fourth-order valence-electron chi connectivity index (χ4n) is 1.59. The van der Waals surface area contributed by atoms with E-state index in [0.717, 1.165) is 11.1 Å². The number of allylic oxidation sites excluding steroid dienone is 1. The number of ketones is 1. The van der Waals surface area contributed by atoms with Crippen molar-refractivity contribution in [3.63, 3.8) is 0 Å². The van der Waals surface area contributed by atoms with Crippen LogP contribution in [-0.2, 0) is 0 Å². The molecule has 2 heteroatoms. The molecular weight excluding hydrogens is 240 g/mol. The second-order valence-electron chi connectivity index (χ2n) is 3.84. The Balaban J connectivity index is 2.09. The van der Waals surface area contributed by atoms with E-state index in [1.54, 1.807) is 17.8 Å². The van der Waals surface area contributed by atoms with Crippen molar-refractivity contribution < 1.29 is 4.79 Å². The molecule has 1 nitrogen and oxygen atoms in total. The summed E-state index contributed by atoms with van der Waals surface area (Å²) in [4.78, 5) is 13.1. The van der Waals surface area contributed by atoms with E-state index >= 15 is 0 Å². The van der Waals surface area contributed by atoms with Crippen molar-refractivity contribution in [3.8, 4) is 0 Å². The van der Waals surface area contributed by atoms with Gasteiger partial charge in [0.05, 0.1) is 0 Å². The van der Waals surface area contributed by atoms with Gasteiger partial charge in [-0.1, -0.05) is 36.4 Å². The quantitative estimate of drug-likeness (QED) is 0.459. The number of rotatable bonds is 4. The third-order valence-electron chi connectivity index (χ3n) is 2.60. The molecule has 0 fully saturated rings. The molecule has 0 amide bonds. The lowest BCUT2D eigenvalue weighted by Crippen LogP contribution is -1.93. The lowest BCUT2D eigenvalue weighted by atomic mass is 10.1. The van der Waals surface area contributed by atoms with Crippen LogP contribution in [-0.4, -0.2) is 12.0 Å². The van der Waals surface area contributed by atoms with Crippen molar-refractivity contribution in [2.24, 2.45) is 0 Å². The van der Waals surface area contributed by atoms with Crippen LogP contribution in [0.3, 0.4) is 0 Å². The molecule has 2 aromatic carbocycles. The van der Waals surface area contributed by atoms with Gasteiger partial charge in [-0.05, 0) is 42.2 Å². The molecule has 0 radical (unpaired) electrons. The standard InChI is InChI=1S/C16H14OS/c1-18-15-10-8-14(9-11-15)16(17)12-7-13-5-3-2-4-6-13/h2-12H,1H3. The van der Waals surface area contributed by atoms with Gasteiger partial charge >= 0.3 is 0 Å². The molecule has 0 saturated carbocycles. The van der Waals surface area contributed by atoms with Crippen LogP contribution in [0.2, 0.25) is 0 Å². The smallest absolute Gasteiger partial charge is 0.185 e. The second kappa shape index (κ2) is 6.22. The van der Waals surface area contributed by atoms with Crippen molar-refractivity contribution in [2.75, 3.05) is 6.26 Å². The Morgan fingerprint density at radius 2 is 1.67 bits per heavy atom. The maximum Gasteiger partial charge on any atom is 0.185 e. The summed E-state index contributed by atoms with van der Waals surface area (Å²) in [5.41, 5.74) is 1.76. The summed E-state index contributed by atoms with van der Waals surface area (Å²) < 4.78 is 0. The Labute approximate surface area is 112 Å². The van der Waals surface area contributed by atoms with Crippen LogP contribution in [0.1, 0.15) is 15.9 Å². The fourth-order valence-corrected chi connectivity index (χ4v) is 2.00. The van der Waals surface area contributed by atoms with Gasteiger partial charge in [-0.25, -0.2) is 0 Å². The van der Waals surface area contributed by atoms with Crippen molar-refractivity contribution in [2.45, 2.75) is 4.90 Å². The van der Waals surface area contributed by atoms with Crippen molar-refractivity contribution in [3.05, 3.63) is 71.8 Å². The summed E-state index contributed by atoms with van der Waals surface area (Å²) in [5.74, 6) is 0.0338. The van der Waals surface area contributed by atoms with Gasteiger partial charge in [0.1, 0.15) is 0 Å². The van der Waals surface area contributed by atoms with Crippen molar-refractivity contribution >= 4 is 23.6 Å². The molecule has 0 N–H and O–H groups in total. The molecule has 90 valence electrons. The summed E-state index contributed by atoms with van der Waals surface area (Å²) in [6.07, 6.45) is 5.47. The molecule has 0 aliphatic rings. The Morgan fingerprint density at radius 3 is 2.28 bits per heavy atom. The SMILES string of the molecule is CSc1ccc(C(=O)C=Cc2ccccc2)cc1. The number of benzene rings is 2. The molecule has 2 aromatic rings. The van der Waals surface area contributed by atoms with E-state index in [0.29, 0.717) is 0 Å². The highest BCUT2D eigenvalue weighted by molar-refractivity contribution is 7.98. The molecule has 0 saturated heterocycles. The Hall–Kier alpha value is -1.80. The first kappa shape index (κ1) is 12.7.